The molecule has 0 aliphatic heterocycles. The zero-order chi connectivity index (χ0) is 14.7. The molecule has 1 unspecified atom stereocenters. The Morgan fingerprint density at radius 1 is 1.10 bits per heavy atom. The lowest BCUT2D eigenvalue weighted by atomic mass is 10.00. The second-order valence-electron chi connectivity index (χ2n) is 4.91. The maximum atomic E-state index is 13.2. The lowest BCUT2D eigenvalue weighted by molar-refractivity contribution is 0.219. The van der Waals surface area contributed by atoms with Crippen LogP contribution in [-0.2, 0) is 0 Å². The van der Waals surface area contributed by atoms with Crippen LogP contribution in [0, 0.1) is 5.82 Å². The summed E-state index contributed by atoms with van der Waals surface area (Å²) in [6.45, 7) is 3.88. The highest BCUT2D eigenvalue weighted by atomic mass is 19.1. The second kappa shape index (κ2) is 5.92. The van der Waals surface area contributed by atoms with Crippen LogP contribution in [-0.4, -0.2) is 11.2 Å². The summed E-state index contributed by atoms with van der Waals surface area (Å²) in [6.07, 6.45) is -0.872. The topological polar surface area (TPSA) is 55.5 Å². The molecule has 20 heavy (non-hydrogen) atoms. The van der Waals surface area contributed by atoms with Gasteiger partial charge in [-0.05, 0) is 49.7 Å². The molecule has 0 heterocycles. The zero-order valence-corrected chi connectivity index (χ0v) is 11.5. The number of aliphatic hydroxyl groups is 1. The second-order valence-corrected chi connectivity index (χ2v) is 4.91. The normalized spacial score (nSPS) is 12.4. The number of nitrogen functional groups attached to an aromatic ring is 1. The maximum absolute atomic E-state index is 13.2. The van der Waals surface area contributed by atoms with E-state index < -0.39 is 11.9 Å². The third-order valence-corrected chi connectivity index (χ3v) is 2.91. The Morgan fingerprint density at radius 3 is 2.35 bits per heavy atom. The minimum Gasteiger partial charge on any atom is -0.491 e. The van der Waals surface area contributed by atoms with Gasteiger partial charge < -0.3 is 15.6 Å². The fraction of sp³-hybridized carbons (Fsp3) is 0.250. The van der Waals surface area contributed by atoms with Gasteiger partial charge in [-0.15, -0.1) is 0 Å². The Bertz CT molecular complexity index is 582. The molecule has 0 saturated heterocycles. The standard InChI is InChI=1S/C16H18FNO2/c1-10(2)20-13-6-3-11(4-7-13)16(19)14-9-12(17)5-8-15(14)18/h3-10,16,19H,18H2,1-2H3. The highest BCUT2D eigenvalue weighted by molar-refractivity contribution is 5.51. The molecule has 0 radical (unpaired) electrons. The van der Waals surface area contributed by atoms with Crippen molar-refractivity contribution in [3.63, 3.8) is 0 Å². The van der Waals surface area contributed by atoms with Crippen LogP contribution in [0.4, 0.5) is 10.1 Å². The zero-order valence-electron chi connectivity index (χ0n) is 11.5. The SMILES string of the molecule is CC(C)Oc1ccc(C(O)c2cc(F)ccc2N)cc1. The Kier molecular flexibility index (Phi) is 4.25. The van der Waals surface area contributed by atoms with E-state index >= 15 is 0 Å². The number of halogens is 1. The van der Waals surface area contributed by atoms with E-state index in [1.807, 2.05) is 13.8 Å². The maximum Gasteiger partial charge on any atom is 0.123 e. The van der Waals surface area contributed by atoms with Gasteiger partial charge in [-0.2, -0.15) is 0 Å². The largest absolute Gasteiger partial charge is 0.491 e. The molecule has 0 spiro atoms. The molecule has 0 saturated carbocycles. The number of ether oxygens (including phenoxy) is 1. The van der Waals surface area contributed by atoms with Crippen molar-refractivity contribution < 1.29 is 14.2 Å². The van der Waals surface area contributed by atoms with Crippen molar-refractivity contribution in [3.8, 4) is 5.75 Å². The van der Waals surface area contributed by atoms with Crippen LogP contribution >= 0.6 is 0 Å². The highest BCUT2D eigenvalue weighted by Crippen LogP contribution is 2.28. The van der Waals surface area contributed by atoms with Crippen molar-refractivity contribution in [1.82, 2.24) is 0 Å². The number of aliphatic hydroxyl groups excluding tert-OH is 1. The number of rotatable bonds is 4. The van der Waals surface area contributed by atoms with Crippen molar-refractivity contribution in [2.24, 2.45) is 0 Å². The Hall–Kier alpha value is -2.07. The van der Waals surface area contributed by atoms with Gasteiger partial charge in [0.2, 0.25) is 0 Å². The summed E-state index contributed by atoms with van der Waals surface area (Å²) in [4.78, 5) is 0. The van der Waals surface area contributed by atoms with Crippen LogP contribution < -0.4 is 10.5 Å². The summed E-state index contributed by atoms with van der Waals surface area (Å²) in [5.74, 6) is 0.302. The summed E-state index contributed by atoms with van der Waals surface area (Å²) >= 11 is 0. The number of anilines is 1. The molecule has 1 atom stereocenters. The van der Waals surface area contributed by atoms with E-state index in [1.54, 1.807) is 24.3 Å². The van der Waals surface area contributed by atoms with Crippen LogP contribution in [0.1, 0.15) is 31.1 Å². The smallest absolute Gasteiger partial charge is 0.123 e. The Morgan fingerprint density at radius 2 is 1.75 bits per heavy atom. The van der Waals surface area contributed by atoms with E-state index in [2.05, 4.69) is 0 Å². The van der Waals surface area contributed by atoms with E-state index in [1.165, 1.54) is 18.2 Å². The van der Waals surface area contributed by atoms with E-state index in [9.17, 15) is 9.50 Å². The van der Waals surface area contributed by atoms with E-state index in [0.29, 0.717) is 16.8 Å². The van der Waals surface area contributed by atoms with Gasteiger partial charge in [0.15, 0.2) is 0 Å². The van der Waals surface area contributed by atoms with Crippen LogP contribution in [0.2, 0.25) is 0 Å². The average molecular weight is 275 g/mol. The minimum atomic E-state index is -0.959. The van der Waals surface area contributed by atoms with Gasteiger partial charge in [0.25, 0.3) is 0 Å². The first-order valence-electron chi connectivity index (χ1n) is 6.47. The van der Waals surface area contributed by atoms with Gasteiger partial charge in [0, 0.05) is 11.3 Å². The molecular formula is C16H18FNO2. The molecule has 106 valence electrons. The first kappa shape index (κ1) is 14.3. The molecule has 2 aromatic rings. The molecule has 3 N–H and O–H groups in total. The van der Waals surface area contributed by atoms with Crippen molar-refractivity contribution in [2.75, 3.05) is 5.73 Å². The first-order chi connectivity index (χ1) is 9.47. The molecule has 0 bridgehead atoms. The minimum absolute atomic E-state index is 0.0876. The molecule has 3 nitrogen and oxygen atoms in total. The van der Waals surface area contributed by atoms with E-state index in [4.69, 9.17) is 10.5 Å². The fourth-order valence-corrected chi connectivity index (χ4v) is 1.96. The number of hydrogen-bond acceptors (Lipinski definition) is 3. The quantitative estimate of drug-likeness (QED) is 0.842. The third-order valence-electron chi connectivity index (χ3n) is 2.91. The molecule has 2 aromatic carbocycles. The highest BCUT2D eigenvalue weighted by Gasteiger charge is 2.14. The van der Waals surface area contributed by atoms with Crippen molar-refractivity contribution in [2.45, 2.75) is 26.1 Å². The van der Waals surface area contributed by atoms with Crippen LogP contribution in [0.3, 0.4) is 0 Å². The predicted octanol–water partition coefficient (Wildman–Crippen LogP) is 3.28. The Labute approximate surface area is 117 Å². The van der Waals surface area contributed by atoms with E-state index in [-0.39, 0.29) is 6.10 Å². The lowest BCUT2D eigenvalue weighted by Crippen LogP contribution is -2.07. The fourth-order valence-electron chi connectivity index (χ4n) is 1.96. The number of hydrogen-bond donors (Lipinski definition) is 2. The summed E-state index contributed by atoms with van der Waals surface area (Å²) in [5.41, 5.74) is 7.14. The molecule has 0 aliphatic rings. The molecule has 0 aliphatic carbocycles. The van der Waals surface area contributed by atoms with Crippen LogP contribution in [0.5, 0.6) is 5.75 Å². The van der Waals surface area contributed by atoms with Crippen molar-refractivity contribution in [1.29, 1.82) is 0 Å². The van der Waals surface area contributed by atoms with E-state index in [0.717, 1.165) is 5.75 Å². The number of benzene rings is 2. The monoisotopic (exact) mass is 275 g/mol. The molecule has 0 amide bonds. The predicted molar refractivity (Wildman–Crippen MR) is 77.1 cm³/mol. The van der Waals surface area contributed by atoms with Gasteiger partial charge >= 0.3 is 0 Å². The van der Waals surface area contributed by atoms with Crippen molar-refractivity contribution >= 4 is 5.69 Å². The summed E-state index contributed by atoms with van der Waals surface area (Å²) in [7, 11) is 0. The molecular weight excluding hydrogens is 257 g/mol. The van der Waals surface area contributed by atoms with Gasteiger partial charge in [0.05, 0.1) is 6.10 Å². The summed E-state index contributed by atoms with van der Waals surface area (Å²) in [6, 6.07) is 11.0. The van der Waals surface area contributed by atoms with Gasteiger partial charge in [0.1, 0.15) is 17.7 Å². The van der Waals surface area contributed by atoms with Gasteiger partial charge in [-0.3, -0.25) is 0 Å². The van der Waals surface area contributed by atoms with Gasteiger partial charge in [-0.1, -0.05) is 12.1 Å². The average Bonchev–Trinajstić information content (AvgIpc) is 2.41. The van der Waals surface area contributed by atoms with Crippen LogP contribution in [0.25, 0.3) is 0 Å². The molecule has 2 rings (SSSR count). The third kappa shape index (κ3) is 3.27. The van der Waals surface area contributed by atoms with Crippen molar-refractivity contribution in [3.05, 3.63) is 59.4 Å². The first-order valence-corrected chi connectivity index (χ1v) is 6.47. The Balaban J connectivity index is 2.24. The summed E-state index contributed by atoms with van der Waals surface area (Å²) < 4.78 is 18.8. The molecule has 0 fully saturated rings. The number of nitrogens with two attached hydrogens (primary N) is 1. The van der Waals surface area contributed by atoms with Crippen LogP contribution in [0.15, 0.2) is 42.5 Å². The lowest BCUT2D eigenvalue weighted by Gasteiger charge is -2.15. The van der Waals surface area contributed by atoms with Gasteiger partial charge in [-0.25, -0.2) is 4.39 Å². The summed E-state index contributed by atoms with van der Waals surface area (Å²) in [5, 5.41) is 10.3. The molecule has 0 aromatic heterocycles. The molecule has 4 heteroatoms.